The smallest absolute Gasteiger partial charge is 0.251 e. The van der Waals surface area contributed by atoms with Crippen molar-refractivity contribution in [1.82, 2.24) is 10.6 Å². The van der Waals surface area contributed by atoms with Crippen LogP contribution in [0.3, 0.4) is 0 Å². The molecule has 2 aromatic carbocycles. The van der Waals surface area contributed by atoms with Gasteiger partial charge in [-0.1, -0.05) is 12.1 Å². The number of halogens is 1. The molecule has 0 aliphatic carbocycles. The lowest BCUT2D eigenvalue weighted by Gasteiger charge is -2.07. The van der Waals surface area contributed by atoms with Crippen LogP contribution < -0.4 is 10.6 Å². The quantitative estimate of drug-likeness (QED) is 0.764. The molecule has 24 heavy (non-hydrogen) atoms. The Bertz CT molecular complexity index is 684. The van der Waals surface area contributed by atoms with E-state index in [9.17, 15) is 14.0 Å². The molecule has 0 atom stereocenters. The molecule has 0 saturated carbocycles. The fourth-order valence-electron chi connectivity index (χ4n) is 2.03. The SMILES string of the molecule is COCCNC(=O)c1ccc(CNC(=O)c2ccc(F)cc2)cc1. The summed E-state index contributed by atoms with van der Waals surface area (Å²) in [5.41, 5.74) is 1.80. The van der Waals surface area contributed by atoms with Gasteiger partial charge in [-0.05, 0) is 42.0 Å². The van der Waals surface area contributed by atoms with E-state index in [2.05, 4.69) is 10.6 Å². The highest BCUT2D eigenvalue weighted by molar-refractivity contribution is 5.94. The minimum absolute atomic E-state index is 0.172. The van der Waals surface area contributed by atoms with Gasteiger partial charge in [0.2, 0.25) is 0 Å². The van der Waals surface area contributed by atoms with E-state index in [0.29, 0.717) is 30.8 Å². The second-order valence-electron chi connectivity index (χ2n) is 5.14. The fraction of sp³-hybridized carbons (Fsp3) is 0.222. The van der Waals surface area contributed by atoms with Gasteiger partial charge in [0.15, 0.2) is 0 Å². The molecule has 0 fully saturated rings. The molecule has 0 saturated heterocycles. The third-order valence-electron chi connectivity index (χ3n) is 3.37. The predicted molar refractivity (Wildman–Crippen MR) is 88.2 cm³/mol. The molecular formula is C18H19FN2O3. The number of ether oxygens (including phenoxy) is 1. The number of nitrogens with one attached hydrogen (secondary N) is 2. The van der Waals surface area contributed by atoms with Crippen molar-refractivity contribution >= 4 is 11.8 Å². The molecule has 0 spiro atoms. The van der Waals surface area contributed by atoms with E-state index < -0.39 is 0 Å². The number of carbonyl (C=O) groups is 2. The normalized spacial score (nSPS) is 10.2. The van der Waals surface area contributed by atoms with Gasteiger partial charge >= 0.3 is 0 Å². The zero-order chi connectivity index (χ0) is 17.4. The minimum Gasteiger partial charge on any atom is -0.383 e. The highest BCUT2D eigenvalue weighted by Crippen LogP contribution is 2.06. The molecule has 2 N–H and O–H groups in total. The molecule has 2 aromatic rings. The first kappa shape index (κ1) is 17.6. The highest BCUT2D eigenvalue weighted by Gasteiger charge is 2.07. The molecule has 0 unspecified atom stereocenters. The molecule has 0 bridgehead atoms. The van der Waals surface area contributed by atoms with Gasteiger partial charge < -0.3 is 15.4 Å². The number of hydrogen-bond acceptors (Lipinski definition) is 3. The molecular weight excluding hydrogens is 311 g/mol. The predicted octanol–water partition coefficient (Wildman–Crippen LogP) is 2.13. The maximum Gasteiger partial charge on any atom is 0.251 e. The maximum atomic E-state index is 12.8. The van der Waals surface area contributed by atoms with E-state index in [1.807, 2.05) is 0 Å². The Balaban J connectivity index is 1.86. The Morgan fingerprint density at radius 1 is 0.917 bits per heavy atom. The Morgan fingerprint density at radius 3 is 2.04 bits per heavy atom. The van der Waals surface area contributed by atoms with Crippen LogP contribution in [0.2, 0.25) is 0 Å². The fourth-order valence-corrected chi connectivity index (χ4v) is 2.03. The first-order chi connectivity index (χ1) is 11.6. The van der Waals surface area contributed by atoms with Crippen LogP contribution in [0.15, 0.2) is 48.5 Å². The van der Waals surface area contributed by atoms with E-state index in [1.165, 1.54) is 24.3 Å². The zero-order valence-corrected chi connectivity index (χ0v) is 13.3. The summed E-state index contributed by atoms with van der Waals surface area (Å²) < 4.78 is 17.7. The van der Waals surface area contributed by atoms with Crippen LogP contribution in [0.5, 0.6) is 0 Å². The second-order valence-corrected chi connectivity index (χ2v) is 5.14. The van der Waals surface area contributed by atoms with Crippen molar-refractivity contribution in [3.63, 3.8) is 0 Å². The van der Waals surface area contributed by atoms with Crippen LogP contribution in [0, 0.1) is 5.82 Å². The molecule has 6 heteroatoms. The average molecular weight is 330 g/mol. The molecule has 5 nitrogen and oxygen atoms in total. The molecule has 2 rings (SSSR count). The van der Waals surface area contributed by atoms with Gasteiger partial charge in [0.05, 0.1) is 6.61 Å². The molecule has 0 aliphatic heterocycles. The second kappa shape index (κ2) is 8.79. The third-order valence-corrected chi connectivity index (χ3v) is 3.37. The van der Waals surface area contributed by atoms with Crippen LogP contribution in [-0.4, -0.2) is 32.1 Å². The minimum atomic E-state index is -0.383. The van der Waals surface area contributed by atoms with E-state index in [1.54, 1.807) is 31.4 Å². The van der Waals surface area contributed by atoms with Gasteiger partial charge in [-0.3, -0.25) is 9.59 Å². The summed E-state index contributed by atoms with van der Waals surface area (Å²) in [6, 6.07) is 12.3. The summed E-state index contributed by atoms with van der Waals surface area (Å²) in [5.74, 6) is -0.837. The van der Waals surface area contributed by atoms with Crippen LogP contribution in [-0.2, 0) is 11.3 Å². The Morgan fingerprint density at radius 2 is 1.46 bits per heavy atom. The number of hydrogen-bond donors (Lipinski definition) is 2. The lowest BCUT2D eigenvalue weighted by atomic mass is 10.1. The summed E-state index contributed by atoms with van der Waals surface area (Å²) >= 11 is 0. The molecule has 0 aliphatic rings. The standard InChI is InChI=1S/C18H19FN2O3/c1-24-11-10-20-17(22)14-4-2-13(3-5-14)12-21-18(23)15-6-8-16(19)9-7-15/h2-9H,10-12H2,1H3,(H,20,22)(H,21,23). The largest absolute Gasteiger partial charge is 0.383 e. The topological polar surface area (TPSA) is 67.4 Å². The highest BCUT2D eigenvalue weighted by atomic mass is 19.1. The third kappa shape index (κ3) is 5.17. The Labute approximate surface area is 139 Å². The molecule has 126 valence electrons. The van der Waals surface area contributed by atoms with Crippen LogP contribution in [0.1, 0.15) is 26.3 Å². The summed E-state index contributed by atoms with van der Waals surface area (Å²) in [4.78, 5) is 23.8. The number of amides is 2. The van der Waals surface area contributed by atoms with Crippen molar-refractivity contribution in [2.24, 2.45) is 0 Å². The summed E-state index contributed by atoms with van der Waals surface area (Å²) in [6.07, 6.45) is 0. The lowest BCUT2D eigenvalue weighted by Crippen LogP contribution is -2.27. The summed E-state index contributed by atoms with van der Waals surface area (Å²) in [6.45, 7) is 1.23. The van der Waals surface area contributed by atoms with Gasteiger partial charge in [-0.25, -0.2) is 4.39 Å². The Hall–Kier alpha value is -2.73. The molecule has 2 amide bonds. The zero-order valence-electron chi connectivity index (χ0n) is 13.3. The van der Waals surface area contributed by atoms with Gasteiger partial charge in [-0.2, -0.15) is 0 Å². The van der Waals surface area contributed by atoms with Crippen LogP contribution >= 0.6 is 0 Å². The van der Waals surface area contributed by atoms with Crippen molar-refractivity contribution < 1.29 is 18.7 Å². The van der Waals surface area contributed by atoms with Gasteiger partial charge in [0.1, 0.15) is 5.82 Å². The van der Waals surface area contributed by atoms with Crippen molar-refractivity contribution in [3.8, 4) is 0 Å². The Kier molecular flexibility index (Phi) is 6.45. The van der Waals surface area contributed by atoms with E-state index >= 15 is 0 Å². The van der Waals surface area contributed by atoms with Crippen LogP contribution in [0.25, 0.3) is 0 Å². The molecule has 0 aromatic heterocycles. The number of rotatable bonds is 7. The first-order valence-corrected chi connectivity index (χ1v) is 7.50. The number of carbonyl (C=O) groups excluding carboxylic acids is 2. The maximum absolute atomic E-state index is 12.8. The van der Waals surface area contributed by atoms with E-state index in [4.69, 9.17) is 4.74 Å². The van der Waals surface area contributed by atoms with E-state index in [0.717, 1.165) is 5.56 Å². The van der Waals surface area contributed by atoms with Gasteiger partial charge in [0.25, 0.3) is 11.8 Å². The van der Waals surface area contributed by atoms with Crippen molar-refractivity contribution in [1.29, 1.82) is 0 Å². The van der Waals surface area contributed by atoms with Crippen molar-refractivity contribution in [2.45, 2.75) is 6.54 Å². The molecule has 0 radical (unpaired) electrons. The average Bonchev–Trinajstić information content (AvgIpc) is 2.61. The monoisotopic (exact) mass is 330 g/mol. The lowest BCUT2D eigenvalue weighted by molar-refractivity contribution is 0.0932. The number of benzene rings is 2. The summed E-state index contributed by atoms with van der Waals surface area (Å²) in [7, 11) is 1.57. The van der Waals surface area contributed by atoms with E-state index in [-0.39, 0.29) is 17.6 Å². The first-order valence-electron chi connectivity index (χ1n) is 7.50. The molecule has 0 heterocycles. The van der Waals surface area contributed by atoms with Crippen molar-refractivity contribution in [2.75, 3.05) is 20.3 Å². The van der Waals surface area contributed by atoms with Gasteiger partial charge in [0, 0.05) is 31.3 Å². The number of methoxy groups -OCH3 is 1. The van der Waals surface area contributed by atoms with Gasteiger partial charge in [-0.15, -0.1) is 0 Å². The summed E-state index contributed by atoms with van der Waals surface area (Å²) in [5, 5.41) is 5.48. The van der Waals surface area contributed by atoms with Crippen LogP contribution in [0.4, 0.5) is 4.39 Å². The van der Waals surface area contributed by atoms with Crippen molar-refractivity contribution in [3.05, 3.63) is 71.0 Å².